The normalized spacial score (nSPS) is 14.0. The highest BCUT2D eigenvalue weighted by molar-refractivity contribution is 7.92. The van der Waals surface area contributed by atoms with E-state index < -0.39 is 27.4 Å². The minimum absolute atomic E-state index is 0. The summed E-state index contributed by atoms with van der Waals surface area (Å²) in [4.78, 5) is 27.6. The molecule has 1 aliphatic rings. The molecule has 29 heavy (non-hydrogen) atoms. The first kappa shape index (κ1) is 23.6. The van der Waals surface area contributed by atoms with Crippen LogP contribution in [-0.4, -0.2) is 44.0 Å². The molecule has 1 aliphatic heterocycles. The molecule has 3 N–H and O–H groups in total. The standard InChI is InChI=1S/C18H20ClN3O4S2.ClH/c1-2-22-8-7-13-14(9-22)27-18(16(13)17(20)24)21-15(23)10-28(25,26)12-5-3-11(19)4-6-12;/h3-6H,2,7-10H2,1H3,(H2,20,24)(H,21,23);1H. The summed E-state index contributed by atoms with van der Waals surface area (Å²) in [5, 5.41) is 3.29. The average molecular weight is 478 g/mol. The van der Waals surface area contributed by atoms with Crippen molar-refractivity contribution >= 4 is 62.0 Å². The molecule has 0 bridgehead atoms. The zero-order valence-corrected chi connectivity index (χ0v) is 18.8. The second-order valence-corrected chi connectivity index (χ2v) is 9.98. The van der Waals surface area contributed by atoms with Gasteiger partial charge in [-0.1, -0.05) is 18.5 Å². The van der Waals surface area contributed by atoms with E-state index in [9.17, 15) is 18.0 Å². The Morgan fingerprint density at radius 1 is 1.28 bits per heavy atom. The molecule has 0 saturated heterocycles. The third-order valence-corrected chi connectivity index (χ3v) is 7.59. The number of sulfone groups is 1. The van der Waals surface area contributed by atoms with Crippen molar-refractivity contribution in [2.75, 3.05) is 24.2 Å². The molecule has 0 atom stereocenters. The van der Waals surface area contributed by atoms with Crippen molar-refractivity contribution in [1.29, 1.82) is 0 Å². The van der Waals surface area contributed by atoms with Crippen molar-refractivity contribution in [1.82, 2.24) is 4.90 Å². The summed E-state index contributed by atoms with van der Waals surface area (Å²) in [6.07, 6.45) is 0.664. The molecule has 1 aromatic heterocycles. The Morgan fingerprint density at radius 3 is 2.52 bits per heavy atom. The van der Waals surface area contributed by atoms with Crippen molar-refractivity contribution in [3.8, 4) is 0 Å². The lowest BCUT2D eigenvalue weighted by Crippen LogP contribution is -2.30. The van der Waals surface area contributed by atoms with Crippen LogP contribution in [0.1, 0.15) is 27.7 Å². The Balaban J connectivity index is 0.00000300. The molecule has 0 fully saturated rings. The Bertz CT molecular complexity index is 1020. The van der Waals surface area contributed by atoms with Crippen molar-refractivity contribution in [2.45, 2.75) is 24.8 Å². The van der Waals surface area contributed by atoms with E-state index in [1.165, 1.54) is 35.6 Å². The van der Waals surface area contributed by atoms with Gasteiger partial charge in [-0.15, -0.1) is 23.7 Å². The van der Waals surface area contributed by atoms with Gasteiger partial charge in [0.15, 0.2) is 9.84 Å². The highest BCUT2D eigenvalue weighted by atomic mass is 35.5. The summed E-state index contributed by atoms with van der Waals surface area (Å²) in [7, 11) is -3.83. The SMILES string of the molecule is CCN1CCc2c(sc(NC(=O)CS(=O)(=O)c3ccc(Cl)cc3)c2C(N)=O)C1.Cl. The van der Waals surface area contributed by atoms with E-state index in [1.54, 1.807) is 0 Å². The van der Waals surface area contributed by atoms with Gasteiger partial charge in [0.05, 0.1) is 10.5 Å². The third kappa shape index (κ3) is 5.29. The Labute approximate surface area is 184 Å². The van der Waals surface area contributed by atoms with E-state index in [0.29, 0.717) is 23.0 Å². The molecule has 0 unspecified atom stereocenters. The molecule has 7 nitrogen and oxygen atoms in total. The predicted molar refractivity (Wildman–Crippen MR) is 117 cm³/mol. The van der Waals surface area contributed by atoms with Gasteiger partial charge in [0.1, 0.15) is 10.8 Å². The largest absolute Gasteiger partial charge is 0.365 e. The first-order valence-electron chi connectivity index (χ1n) is 8.66. The minimum Gasteiger partial charge on any atom is -0.365 e. The maximum atomic E-state index is 12.4. The number of hydrogen-bond acceptors (Lipinski definition) is 6. The van der Waals surface area contributed by atoms with E-state index in [0.717, 1.165) is 23.5 Å². The van der Waals surface area contributed by atoms with Crippen LogP contribution < -0.4 is 11.1 Å². The average Bonchev–Trinajstić information content (AvgIpc) is 2.98. The van der Waals surface area contributed by atoms with Gasteiger partial charge in [-0.05, 0) is 42.8 Å². The molecule has 158 valence electrons. The highest BCUT2D eigenvalue weighted by Gasteiger charge is 2.28. The number of anilines is 1. The lowest BCUT2D eigenvalue weighted by molar-refractivity contribution is -0.113. The maximum absolute atomic E-state index is 12.4. The van der Waals surface area contributed by atoms with E-state index in [4.69, 9.17) is 17.3 Å². The van der Waals surface area contributed by atoms with Gasteiger partial charge in [0.25, 0.3) is 5.91 Å². The van der Waals surface area contributed by atoms with Gasteiger partial charge in [0, 0.05) is 23.0 Å². The molecule has 1 aromatic carbocycles. The summed E-state index contributed by atoms with van der Waals surface area (Å²) >= 11 is 7.05. The van der Waals surface area contributed by atoms with Crippen LogP contribution in [0.2, 0.25) is 5.02 Å². The molecule has 3 rings (SSSR count). The van der Waals surface area contributed by atoms with Gasteiger partial charge >= 0.3 is 0 Å². The number of thiophene rings is 1. The van der Waals surface area contributed by atoms with E-state index in [-0.39, 0.29) is 22.9 Å². The molecular formula is C18H21Cl2N3O4S2. The van der Waals surface area contributed by atoms with Crippen LogP contribution in [0.3, 0.4) is 0 Å². The summed E-state index contributed by atoms with van der Waals surface area (Å²) in [6, 6.07) is 5.60. The quantitative estimate of drug-likeness (QED) is 0.664. The van der Waals surface area contributed by atoms with Crippen molar-refractivity contribution < 1.29 is 18.0 Å². The summed E-state index contributed by atoms with van der Waals surface area (Å²) in [5.41, 5.74) is 6.66. The van der Waals surface area contributed by atoms with Crippen LogP contribution in [-0.2, 0) is 27.6 Å². The Hall–Kier alpha value is -1.65. The molecule has 0 spiro atoms. The molecule has 2 amide bonds. The van der Waals surface area contributed by atoms with Crippen LogP contribution >= 0.6 is 35.3 Å². The van der Waals surface area contributed by atoms with E-state index in [1.807, 2.05) is 0 Å². The number of hydrogen-bond donors (Lipinski definition) is 2. The number of likely N-dealkylation sites (N-methyl/N-ethyl adjacent to an activating group) is 1. The summed E-state index contributed by atoms with van der Waals surface area (Å²) in [6.45, 7) is 4.41. The number of rotatable bonds is 6. The molecule has 2 aromatic rings. The first-order valence-corrected chi connectivity index (χ1v) is 11.5. The molecular weight excluding hydrogens is 457 g/mol. The van der Waals surface area contributed by atoms with Crippen molar-refractivity contribution in [3.63, 3.8) is 0 Å². The van der Waals surface area contributed by atoms with Gasteiger partial charge in [0.2, 0.25) is 5.91 Å². The van der Waals surface area contributed by atoms with Gasteiger partial charge < -0.3 is 11.1 Å². The minimum atomic E-state index is -3.83. The number of nitrogens with zero attached hydrogens (tertiary/aromatic N) is 1. The number of primary amides is 1. The lowest BCUT2D eigenvalue weighted by atomic mass is 10.0. The predicted octanol–water partition coefficient (Wildman–Crippen LogP) is 2.71. The fourth-order valence-electron chi connectivity index (χ4n) is 3.14. The number of amides is 2. The number of nitrogens with two attached hydrogens (primary N) is 1. The number of carbonyl (C=O) groups is 2. The van der Waals surface area contributed by atoms with Gasteiger partial charge in [-0.3, -0.25) is 14.5 Å². The number of fused-ring (bicyclic) bond motifs is 1. The lowest BCUT2D eigenvalue weighted by Gasteiger charge is -2.25. The van der Waals surface area contributed by atoms with E-state index >= 15 is 0 Å². The van der Waals surface area contributed by atoms with Crippen molar-refractivity contribution in [2.24, 2.45) is 5.73 Å². The van der Waals surface area contributed by atoms with Gasteiger partial charge in [-0.2, -0.15) is 0 Å². The molecule has 11 heteroatoms. The first-order chi connectivity index (χ1) is 13.2. The van der Waals surface area contributed by atoms with Crippen LogP contribution in [0.25, 0.3) is 0 Å². The smallest absolute Gasteiger partial charge is 0.251 e. The van der Waals surface area contributed by atoms with Crippen LogP contribution in [0.15, 0.2) is 29.2 Å². The topological polar surface area (TPSA) is 110 Å². The number of nitrogens with one attached hydrogen (secondary N) is 1. The third-order valence-electron chi connectivity index (χ3n) is 4.58. The van der Waals surface area contributed by atoms with Crippen LogP contribution in [0.4, 0.5) is 5.00 Å². The summed E-state index contributed by atoms with van der Waals surface area (Å²) < 4.78 is 24.9. The zero-order valence-electron chi connectivity index (χ0n) is 15.6. The molecule has 0 radical (unpaired) electrons. The number of carbonyl (C=O) groups excluding carboxylic acids is 2. The number of benzene rings is 1. The Kier molecular flexibility index (Phi) is 7.69. The Morgan fingerprint density at radius 2 is 1.93 bits per heavy atom. The second-order valence-electron chi connectivity index (χ2n) is 6.45. The number of halogens is 2. The zero-order chi connectivity index (χ0) is 20.5. The summed E-state index contributed by atoms with van der Waals surface area (Å²) in [5.74, 6) is -2.09. The fourth-order valence-corrected chi connectivity index (χ4v) is 5.71. The highest BCUT2D eigenvalue weighted by Crippen LogP contribution is 2.37. The van der Waals surface area contributed by atoms with Crippen molar-refractivity contribution in [3.05, 3.63) is 45.3 Å². The monoisotopic (exact) mass is 477 g/mol. The second kappa shape index (κ2) is 9.44. The molecule has 0 aliphatic carbocycles. The van der Waals surface area contributed by atoms with E-state index in [2.05, 4.69) is 17.1 Å². The molecule has 2 heterocycles. The van der Waals surface area contributed by atoms with Gasteiger partial charge in [-0.25, -0.2) is 8.42 Å². The fraction of sp³-hybridized carbons (Fsp3) is 0.333. The van der Waals surface area contributed by atoms with Crippen LogP contribution in [0, 0.1) is 0 Å². The molecule has 0 saturated carbocycles. The maximum Gasteiger partial charge on any atom is 0.251 e. The van der Waals surface area contributed by atoms with Crippen LogP contribution in [0.5, 0.6) is 0 Å².